The van der Waals surface area contributed by atoms with Crippen LogP contribution < -0.4 is 0 Å². The van der Waals surface area contributed by atoms with Gasteiger partial charge in [0.05, 0.1) is 12.3 Å². The molecule has 0 radical (unpaired) electrons. The first kappa shape index (κ1) is 11.9. The minimum atomic E-state index is -0.930. The van der Waals surface area contributed by atoms with Crippen LogP contribution >= 0.6 is 11.3 Å². The Labute approximate surface area is 92.7 Å². The van der Waals surface area contributed by atoms with Crippen LogP contribution in [0.1, 0.15) is 31.7 Å². The van der Waals surface area contributed by atoms with Crippen LogP contribution in [0.15, 0.2) is 16.8 Å². The van der Waals surface area contributed by atoms with Gasteiger partial charge in [-0.15, -0.1) is 0 Å². The van der Waals surface area contributed by atoms with Crippen molar-refractivity contribution in [1.29, 1.82) is 0 Å². The molecule has 0 fully saturated rings. The molecule has 1 aromatic heterocycles. The van der Waals surface area contributed by atoms with Crippen LogP contribution in [0, 0.1) is 5.92 Å². The van der Waals surface area contributed by atoms with Crippen molar-refractivity contribution in [2.75, 3.05) is 0 Å². The van der Waals surface area contributed by atoms with E-state index in [1.807, 2.05) is 16.8 Å². The van der Waals surface area contributed by atoms with E-state index in [9.17, 15) is 9.59 Å². The van der Waals surface area contributed by atoms with E-state index in [2.05, 4.69) is 0 Å². The summed E-state index contributed by atoms with van der Waals surface area (Å²) in [5.41, 5.74) is 0.820. The molecule has 1 rings (SSSR count). The Morgan fingerprint density at radius 2 is 2.13 bits per heavy atom. The fraction of sp³-hybridized carbons (Fsp3) is 0.455. The molecule has 1 unspecified atom stereocenters. The van der Waals surface area contributed by atoms with Gasteiger partial charge in [-0.2, -0.15) is 11.3 Å². The third kappa shape index (κ3) is 3.16. The van der Waals surface area contributed by atoms with Crippen LogP contribution in [0.5, 0.6) is 0 Å². The highest BCUT2D eigenvalue weighted by Crippen LogP contribution is 2.25. The number of rotatable bonds is 5. The number of hydrogen-bond donors (Lipinski definition) is 1. The molecule has 0 aromatic carbocycles. The molecule has 82 valence electrons. The van der Waals surface area contributed by atoms with Crippen molar-refractivity contribution < 1.29 is 14.7 Å². The highest BCUT2D eigenvalue weighted by atomic mass is 32.1. The number of ketones is 1. The lowest BCUT2D eigenvalue weighted by molar-refractivity contribution is -0.139. The van der Waals surface area contributed by atoms with Gasteiger partial charge in [-0.25, -0.2) is 0 Å². The number of aliphatic carboxylic acids is 1. The zero-order valence-electron chi connectivity index (χ0n) is 8.77. The topological polar surface area (TPSA) is 54.4 Å². The molecule has 3 nitrogen and oxygen atoms in total. The molecule has 0 amide bonds. The molecule has 1 heterocycles. The monoisotopic (exact) mass is 226 g/mol. The van der Waals surface area contributed by atoms with Crippen molar-refractivity contribution in [1.82, 2.24) is 0 Å². The van der Waals surface area contributed by atoms with Gasteiger partial charge >= 0.3 is 5.97 Å². The van der Waals surface area contributed by atoms with Gasteiger partial charge in [0, 0.05) is 5.92 Å². The highest BCUT2D eigenvalue weighted by Gasteiger charge is 2.25. The molecule has 0 spiro atoms. The summed E-state index contributed by atoms with van der Waals surface area (Å²) in [7, 11) is 0. The fourth-order valence-electron chi connectivity index (χ4n) is 1.43. The van der Waals surface area contributed by atoms with Crippen molar-refractivity contribution in [3.8, 4) is 0 Å². The Morgan fingerprint density at radius 1 is 1.47 bits per heavy atom. The first-order valence-electron chi connectivity index (χ1n) is 4.80. The van der Waals surface area contributed by atoms with Crippen LogP contribution in [0.4, 0.5) is 0 Å². The van der Waals surface area contributed by atoms with Crippen molar-refractivity contribution >= 4 is 23.1 Å². The smallest absolute Gasteiger partial charge is 0.304 e. The van der Waals surface area contributed by atoms with Gasteiger partial charge in [0.15, 0.2) is 0 Å². The van der Waals surface area contributed by atoms with Crippen LogP contribution in [0.3, 0.4) is 0 Å². The Bertz CT molecular complexity index is 341. The van der Waals surface area contributed by atoms with E-state index < -0.39 is 11.9 Å². The standard InChI is InChI=1S/C11H14O3S/c1-7(2)11(14)9(5-10(12)13)8-3-4-15-6-8/h3-4,6-7,9H,5H2,1-2H3,(H,12,13). The third-order valence-electron chi connectivity index (χ3n) is 2.24. The molecule has 0 aliphatic carbocycles. The second-order valence-electron chi connectivity index (χ2n) is 3.76. The van der Waals surface area contributed by atoms with Crippen LogP contribution in [-0.2, 0) is 9.59 Å². The quantitative estimate of drug-likeness (QED) is 0.839. The molecule has 1 aromatic rings. The van der Waals surface area contributed by atoms with Gasteiger partial charge in [-0.1, -0.05) is 13.8 Å². The van der Waals surface area contributed by atoms with Gasteiger partial charge in [-0.3, -0.25) is 9.59 Å². The van der Waals surface area contributed by atoms with E-state index in [1.165, 1.54) is 11.3 Å². The summed E-state index contributed by atoms with van der Waals surface area (Å²) < 4.78 is 0. The van der Waals surface area contributed by atoms with E-state index in [-0.39, 0.29) is 18.1 Å². The van der Waals surface area contributed by atoms with Crippen LogP contribution in [0.2, 0.25) is 0 Å². The summed E-state index contributed by atoms with van der Waals surface area (Å²) in [5, 5.41) is 12.5. The second kappa shape index (κ2) is 5.07. The Balaban J connectivity index is 2.88. The Kier molecular flexibility index (Phi) is 4.03. The van der Waals surface area contributed by atoms with Gasteiger partial charge in [-0.05, 0) is 22.4 Å². The number of carbonyl (C=O) groups is 2. The Morgan fingerprint density at radius 3 is 2.53 bits per heavy atom. The molecule has 15 heavy (non-hydrogen) atoms. The largest absolute Gasteiger partial charge is 0.481 e. The maximum absolute atomic E-state index is 11.8. The summed E-state index contributed by atoms with van der Waals surface area (Å²) in [5.74, 6) is -1.56. The Hall–Kier alpha value is -1.16. The molecule has 0 aliphatic rings. The maximum atomic E-state index is 11.8. The molecule has 0 saturated carbocycles. The summed E-state index contributed by atoms with van der Waals surface area (Å²) in [6.07, 6.45) is -0.117. The summed E-state index contributed by atoms with van der Waals surface area (Å²) in [6, 6.07) is 1.82. The number of Topliss-reactive ketones (excluding diaryl/α,β-unsaturated/α-hetero) is 1. The van der Waals surface area contributed by atoms with Crippen LogP contribution in [-0.4, -0.2) is 16.9 Å². The van der Waals surface area contributed by atoms with Crippen molar-refractivity contribution in [2.24, 2.45) is 5.92 Å². The van der Waals surface area contributed by atoms with E-state index in [4.69, 9.17) is 5.11 Å². The van der Waals surface area contributed by atoms with E-state index in [0.29, 0.717) is 0 Å². The van der Waals surface area contributed by atoms with Crippen molar-refractivity contribution in [2.45, 2.75) is 26.2 Å². The van der Waals surface area contributed by atoms with E-state index >= 15 is 0 Å². The molecule has 0 saturated heterocycles. The lowest BCUT2D eigenvalue weighted by Gasteiger charge is -2.14. The number of carbonyl (C=O) groups excluding carboxylic acids is 1. The molecule has 0 aliphatic heterocycles. The minimum absolute atomic E-state index is 0.00389. The number of carboxylic acid groups (broad SMARTS) is 1. The summed E-state index contributed by atoms with van der Waals surface area (Å²) in [4.78, 5) is 22.5. The van der Waals surface area contributed by atoms with Crippen molar-refractivity contribution in [3.63, 3.8) is 0 Å². The van der Waals surface area contributed by atoms with Gasteiger partial charge in [0.2, 0.25) is 0 Å². The number of carboxylic acids is 1. The average molecular weight is 226 g/mol. The number of hydrogen-bond acceptors (Lipinski definition) is 3. The van der Waals surface area contributed by atoms with Crippen molar-refractivity contribution in [3.05, 3.63) is 22.4 Å². The lowest BCUT2D eigenvalue weighted by atomic mass is 9.88. The molecular weight excluding hydrogens is 212 g/mol. The zero-order valence-corrected chi connectivity index (χ0v) is 9.58. The number of thiophene rings is 1. The predicted octanol–water partition coefficient (Wildman–Crippen LogP) is 2.53. The fourth-order valence-corrected chi connectivity index (χ4v) is 2.15. The normalized spacial score (nSPS) is 12.7. The summed E-state index contributed by atoms with van der Waals surface area (Å²) in [6.45, 7) is 3.59. The minimum Gasteiger partial charge on any atom is -0.481 e. The highest BCUT2D eigenvalue weighted by molar-refractivity contribution is 7.08. The first-order chi connectivity index (χ1) is 7.02. The first-order valence-corrected chi connectivity index (χ1v) is 5.74. The second-order valence-corrected chi connectivity index (χ2v) is 4.54. The van der Waals surface area contributed by atoms with Gasteiger partial charge < -0.3 is 5.11 Å². The maximum Gasteiger partial charge on any atom is 0.304 e. The molecule has 1 N–H and O–H groups in total. The van der Waals surface area contributed by atoms with Gasteiger partial charge in [0.25, 0.3) is 0 Å². The summed E-state index contributed by atoms with van der Waals surface area (Å²) >= 11 is 1.48. The lowest BCUT2D eigenvalue weighted by Crippen LogP contribution is -2.20. The third-order valence-corrected chi connectivity index (χ3v) is 2.94. The predicted molar refractivity (Wildman–Crippen MR) is 59.2 cm³/mol. The SMILES string of the molecule is CC(C)C(=O)C(CC(=O)O)c1ccsc1. The van der Waals surface area contributed by atoms with Gasteiger partial charge in [0.1, 0.15) is 5.78 Å². The van der Waals surface area contributed by atoms with E-state index in [0.717, 1.165) is 5.56 Å². The molecule has 1 atom stereocenters. The van der Waals surface area contributed by atoms with Crippen LogP contribution in [0.25, 0.3) is 0 Å². The average Bonchev–Trinajstić information content (AvgIpc) is 2.65. The molecule has 4 heteroatoms. The zero-order chi connectivity index (χ0) is 11.4. The van der Waals surface area contributed by atoms with E-state index in [1.54, 1.807) is 13.8 Å². The molecule has 0 bridgehead atoms. The molecular formula is C11H14O3S.